The Kier molecular flexibility index (Phi) is 6.70. The van der Waals surface area contributed by atoms with Crippen LogP contribution in [0.25, 0.3) is 0 Å². The van der Waals surface area contributed by atoms with Crippen LogP contribution in [-0.2, 0) is 0 Å². The summed E-state index contributed by atoms with van der Waals surface area (Å²) in [7, 11) is 1.65. The van der Waals surface area contributed by atoms with Crippen LogP contribution in [0.5, 0.6) is 17.2 Å². The number of aliphatic imine (C=N–C) groups is 1. The van der Waals surface area contributed by atoms with Gasteiger partial charge < -0.3 is 14.2 Å². The molecule has 0 bridgehead atoms. The van der Waals surface area contributed by atoms with Gasteiger partial charge in [0.1, 0.15) is 5.75 Å². The summed E-state index contributed by atoms with van der Waals surface area (Å²) in [5, 5.41) is 0. The number of hydrogen-bond acceptors (Lipinski definition) is 4. The molecule has 122 valence electrons. The quantitative estimate of drug-likeness (QED) is 0.471. The zero-order valence-corrected chi connectivity index (χ0v) is 15.7. The number of benzene rings is 2. The molecule has 0 aliphatic heterocycles. The molecule has 0 aromatic heterocycles. The zero-order valence-electron chi connectivity index (χ0n) is 13.5. The minimum Gasteiger partial charge on any atom is -0.497 e. The van der Waals surface area contributed by atoms with Crippen LogP contribution < -0.4 is 14.2 Å². The Morgan fingerprint density at radius 3 is 2.35 bits per heavy atom. The van der Waals surface area contributed by atoms with Crippen LogP contribution >= 0.6 is 22.6 Å². The lowest BCUT2D eigenvalue weighted by atomic mass is 10.2. The predicted octanol–water partition coefficient (Wildman–Crippen LogP) is 4.85. The van der Waals surface area contributed by atoms with E-state index in [0.717, 1.165) is 32.1 Å². The minimum atomic E-state index is 0.592. The van der Waals surface area contributed by atoms with Gasteiger partial charge in [-0.05, 0) is 78.4 Å². The molecule has 2 aromatic carbocycles. The van der Waals surface area contributed by atoms with Crippen molar-refractivity contribution in [3.05, 3.63) is 45.5 Å². The van der Waals surface area contributed by atoms with Gasteiger partial charge in [-0.15, -0.1) is 0 Å². The van der Waals surface area contributed by atoms with Crippen LogP contribution in [0.4, 0.5) is 5.69 Å². The smallest absolute Gasteiger partial charge is 0.174 e. The molecule has 0 aliphatic carbocycles. The van der Waals surface area contributed by atoms with Crippen LogP contribution in [-0.4, -0.2) is 26.5 Å². The molecule has 0 atom stereocenters. The molecule has 4 nitrogen and oxygen atoms in total. The molecular weight excluding hydrogens is 405 g/mol. The molecule has 2 rings (SSSR count). The summed E-state index contributed by atoms with van der Waals surface area (Å²) in [5.74, 6) is 2.35. The van der Waals surface area contributed by atoms with Crippen LogP contribution in [0.2, 0.25) is 0 Å². The van der Waals surface area contributed by atoms with Crippen LogP contribution in [0.1, 0.15) is 19.4 Å². The Labute approximate surface area is 150 Å². The summed E-state index contributed by atoms with van der Waals surface area (Å²) in [5.41, 5.74) is 1.84. The molecule has 5 heteroatoms. The Morgan fingerprint density at radius 1 is 1.04 bits per heavy atom. The van der Waals surface area contributed by atoms with Crippen LogP contribution in [0.3, 0.4) is 0 Å². The first-order valence-corrected chi connectivity index (χ1v) is 8.53. The second kappa shape index (κ2) is 8.76. The molecule has 0 unspecified atom stereocenters. The topological polar surface area (TPSA) is 40.0 Å². The highest BCUT2D eigenvalue weighted by molar-refractivity contribution is 14.1. The highest BCUT2D eigenvalue weighted by Gasteiger charge is 2.11. The van der Waals surface area contributed by atoms with E-state index in [9.17, 15) is 0 Å². The number of methoxy groups -OCH3 is 1. The van der Waals surface area contributed by atoms with E-state index in [-0.39, 0.29) is 0 Å². The summed E-state index contributed by atoms with van der Waals surface area (Å²) in [4.78, 5) is 4.49. The van der Waals surface area contributed by atoms with Crippen molar-refractivity contribution in [2.45, 2.75) is 13.8 Å². The highest BCUT2D eigenvalue weighted by Crippen LogP contribution is 2.34. The van der Waals surface area contributed by atoms with E-state index in [2.05, 4.69) is 27.6 Å². The predicted molar refractivity (Wildman–Crippen MR) is 102 cm³/mol. The van der Waals surface area contributed by atoms with Crippen molar-refractivity contribution in [1.82, 2.24) is 0 Å². The van der Waals surface area contributed by atoms with Crippen molar-refractivity contribution < 1.29 is 14.2 Å². The van der Waals surface area contributed by atoms with E-state index in [4.69, 9.17) is 14.2 Å². The first-order valence-electron chi connectivity index (χ1n) is 7.45. The SMILES string of the molecule is CCOc1cc(C=Nc2ccc(OC)cc2)cc(I)c1OCC. The monoisotopic (exact) mass is 425 g/mol. The highest BCUT2D eigenvalue weighted by atomic mass is 127. The molecule has 23 heavy (non-hydrogen) atoms. The summed E-state index contributed by atoms with van der Waals surface area (Å²) < 4.78 is 17.5. The molecule has 0 spiro atoms. The summed E-state index contributed by atoms with van der Waals surface area (Å²) in [6.45, 7) is 5.12. The standard InChI is InChI=1S/C18H20INO3/c1-4-22-17-11-13(10-16(19)18(17)23-5-2)12-20-14-6-8-15(21-3)9-7-14/h6-12H,4-5H2,1-3H3. The van der Waals surface area contributed by atoms with Crippen LogP contribution in [0, 0.1) is 3.57 Å². The average molecular weight is 425 g/mol. The molecule has 0 radical (unpaired) electrons. The molecule has 0 aliphatic rings. The summed E-state index contributed by atoms with van der Waals surface area (Å²) >= 11 is 2.26. The Hall–Kier alpha value is -1.76. The minimum absolute atomic E-state index is 0.592. The number of hydrogen-bond donors (Lipinski definition) is 0. The van der Waals surface area contributed by atoms with Gasteiger partial charge in [0.15, 0.2) is 11.5 Å². The molecule has 0 saturated carbocycles. The van der Waals surface area contributed by atoms with E-state index in [0.29, 0.717) is 13.2 Å². The number of rotatable bonds is 7. The van der Waals surface area contributed by atoms with E-state index in [1.165, 1.54) is 0 Å². The number of nitrogens with zero attached hydrogens (tertiary/aromatic N) is 1. The lowest BCUT2D eigenvalue weighted by Crippen LogP contribution is -2.01. The molecule has 0 fully saturated rings. The number of halogens is 1. The van der Waals surface area contributed by atoms with Gasteiger partial charge >= 0.3 is 0 Å². The second-order valence-electron chi connectivity index (χ2n) is 4.65. The molecule has 2 aromatic rings. The fourth-order valence-corrected chi connectivity index (χ4v) is 2.81. The van der Waals surface area contributed by atoms with Crippen molar-refractivity contribution in [2.75, 3.05) is 20.3 Å². The van der Waals surface area contributed by atoms with Gasteiger partial charge in [-0.3, -0.25) is 4.99 Å². The Bertz CT molecular complexity index is 669. The average Bonchev–Trinajstić information content (AvgIpc) is 2.57. The van der Waals surface area contributed by atoms with Crippen LogP contribution in [0.15, 0.2) is 41.4 Å². The third-order valence-electron chi connectivity index (χ3n) is 3.06. The molecule has 0 N–H and O–H groups in total. The normalized spacial score (nSPS) is 10.8. The summed E-state index contributed by atoms with van der Waals surface area (Å²) in [6.07, 6.45) is 1.82. The second-order valence-corrected chi connectivity index (χ2v) is 5.81. The summed E-state index contributed by atoms with van der Waals surface area (Å²) in [6, 6.07) is 11.6. The van der Waals surface area contributed by atoms with E-state index < -0.39 is 0 Å². The van der Waals surface area contributed by atoms with Gasteiger partial charge in [0.25, 0.3) is 0 Å². The molecule has 0 heterocycles. The first-order chi connectivity index (χ1) is 11.2. The van der Waals surface area contributed by atoms with Gasteiger partial charge in [0, 0.05) is 6.21 Å². The van der Waals surface area contributed by atoms with Crippen molar-refractivity contribution in [3.63, 3.8) is 0 Å². The maximum atomic E-state index is 5.69. The third kappa shape index (κ3) is 4.86. The van der Waals surface area contributed by atoms with Gasteiger partial charge in [-0.2, -0.15) is 0 Å². The Morgan fingerprint density at radius 2 is 1.74 bits per heavy atom. The van der Waals surface area contributed by atoms with Crippen molar-refractivity contribution >= 4 is 34.5 Å². The maximum Gasteiger partial charge on any atom is 0.174 e. The molecule has 0 saturated heterocycles. The fourth-order valence-electron chi connectivity index (χ4n) is 2.03. The van der Waals surface area contributed by atoms with Crippen molar-refractivity contribution in [3.8, 4) is 17.2 Å². The van der Waals surface area contributed by atoms with Crippen molar-refractivity contribution in [1.29, 1.82) is 0 Å². The van der Waals surface area contributed by atoms with Gasteiger partial charge in [-0.1, -0.05) is 0 Å². The maximum absolute atomic E-state index is 5.69. The zero-order chi connectivity index (χ0) is 16.7. The van der Waals surface area contributed by atoms with E-state index >= 15 is 0 Å². The lowest BCUT2D eigenvalue weighted by molar-refractivity contribution is 0.286. The first kappa shape index (κ1) is 17.6. The molecular formula is C18H20INO3. The number of ether oxygens (including phenoxy) is 3. The van der Waals surface area contributed by atoms with Gasteiger partial charge in [0.2, 0.25) is 0 Å². The lowest BCUT2D eigenvalue weighted by Gasteiger charge is -2.13. The third-order valence-corrected chi connectivity index (χ3v) is 3.86. The fraction of sp³-hybridized carbons (Fsp3) is 0.278. The van der Waals surface area contributed by atoms with Crippen molar-refractivity contribution in [2.24, 2.45) is 4.99 Å². The van der Waals surface area contributed by atoms with Gasteiger partial charge in [-0.25, -0.2) is 0 Å². The van der Waals surface area contributed by atoms with E-state index in [1.54, 1.807) is 7.11 Å². The Balaban J connectivity index is 2.26. The van der Waals surface area contributed by atoms with E-state index in [1.807, 2.05) is 56.5 Å². The van der Waals surface area contributed by atoms with Gasteiger partial charge in [0.05, 0.1) is 29.6 Å². The molecule has 0 amide bonds. The largest absolute Gasteiger partial charge is 0.497 e.